The quantitative estimate of drug-likeness (QED) is 0.770. The van der Waals surface area contributed by atoms with E-state index in [4.69, 9.17) is 0 Å². The zero-order valence-corrected chi connectivity index (χ0v) is 10.2. The summed E-state index contributed by atoms with van der Waals surface area (Å²) < 4.78 is 0. The van der Waals surface area contributed by atoms with E-state index < -0.39 is 0 Å². The van der Waals surface area contributed by atoms with E-state index in [1.54, 1.807) is 17.9 Å². The maximum atomic E-state index is 4.45. The molecule has 1 aromatic carbocycles. The average Bonchev–Trinajstić information content (AvgIpc) is 2.58. The number of rotatable bonds is 2. The number of piperidine rings is 1. The van der Waals surface area contributed by atoms with Crippen molar-refractivity contribution < 1.29 is 0 Å². The second-order valence-corrected chi connectivity index (χ2v) is 5.07. The number of allylic oxidation sites excluding steroid dienone is 1. The van der Waals surface area contributed by atoms with Crippen LogP contribution in [0, 0.1) is 6.92 Å². The first-order valence-corrected chi connectivity index (χ1v) is 6.30. The van der Waals surface area contributed by atoms with Gasteiger partial charge in [-0.25, -0.2) is 0 Å². The molecule has 1 aromatic rings. The summed E-state index contributed by atoms with van der Waals surface area (Å²) in [5, 5.41) is 3.52. The highest BCUT2D eigenvalue weighted by Crippen LogP contribution is 2.45. The predicted octanol–water partition coefficient (Wildman–Crippen LogP) is 3.06. The Morgan fingerprint density at radius 2 is 2.00 bits per heavy atom. The van der Waals surface area contributed by atoms with Crippen molar-refractivity contribution in [1.82, 2.24) is 5.32 Å². The number of nitrogens with zero attached hydrogens (tertiary/aromatic N) is 1. The summed E-state index contributed by atoms with van der Waals surface area (Å²) in [7, 11) is 0. The standard InChI is InChI=1S/C15H18N2/c1-3-4-17-15-7-14-12-6-11(8-16-9-12)13(14)5-10(15)2/h3-5,7,11-12,16H,1,6,8-9H2,2H3. The van der Waals surface area contributed by atoms with Crippen LogP contribution in [0.1, 0.15) is 34.9 Å². The Labute approximate surface area is 102 Å². The van der Waals surface area contributed by atoms with Crippen LogP contribution in [-0.2, 0) is 0 Å². The molecule has 0 amide bonds. The zero-order valence-electron chi connectivity index (χ0n) is 10.2. The van der Waals surface area contributed by atoms with Crippen LogP contribution in [0.5, 0.6) is 0 Å². The molecule has 2 heteroatoms. The molecule has 0 spiro atoms. The third-order valence-electron chi connectivity index (χ3n) is 3.95. The van der Waals surface area contributed by atoms with E-state index in [1.165, 1.54) is 17.5 Å². The van der Waals surface area contributed by atoms with Crippen molar-refractivity contribution in [3.05, 3.63) is 41.5 Å². The molecular weight excluding hydrogens is 208 g/mol. The first-order chi connectivity index (χ1) is 8.29. The van der Waals surface area contributed by atoms with Crippen molar-refractivity contribution in [1.29, 1.82) is 0 Å². The van der Waals surface area contributed by atoms with Crippen molar-refractivity contribution >= 4 is 11.9 Å². The minimum absolute atomic E-state index is 0.696. The molecule has 1 heterocycles. The van der Waals surface area contributed by atoms with Crippen molar-refractivity contribution in [2.45, 2.75) is 25.2 Å². The first kappa shape index (κ1) is 10.7. The molecule has 1 aliphatic heterocycles. The Kier molecular flexibility index (Phi) is 2.60. The lowest BCUT2D eigenvalue weighted by atomic mass is 9.98. The van der Waals surface area contributed by atoms with Gasteiger partial charge >= 0.3 is 0 Å². The molecule has 1 aliphatic carbocycles. The monoisotopic (exact) mass is 226 g/mol. The summed E-state index contributed by atoms with van der Waals surface area (Å²) in [6, 6.07) is 4.62. The molecule has 88 valence electrons. The van der Waals surface area contributed by atoms with Gasteiger partial charge in [0.1, 0.15) is 0 Å². The average molecular weight is 226 g/mol. The van der Waals surface area contributed by atoms with Gasteiger partial charge in [-0.15, -0.1) is 0 Å². The molecule has 2 nitrogen and oxygen atoms in total. The van der Waals surface area contributed by atoms with Crippen LogP contribution < -0.4 is 5.32 Å². The predicted molar refractivity (Wildman–Crippen MR) is 72.5 cm³/mol. The van der Waals surface area contributed by atoms with Gasteiger partial charge in [-0.3, -0.25) is 4.99 Å². The number of fused-ring (bicyclic) bond motifs is 5. The topological polar surface area (TPSA) is 24.4 Å². The van der Waals surface area contributed by atoms with Gasteiger partial charge in [0.25, 0.3) is 0 Å². The summed E-state index contributed by atoms with van der Waals surface area (Å²) in [6.45, 7) is 8.08. The molecule has 3 rings (SSSR count). The second kappa shape index (κ2) is 4.11. The van der Waals surface area contributed by atoms with Gasteiger partial charge in [-0.2, -0.15) is 0 Å². The minimum Gasteiger partial charge on any atom is -0.316 e. The highest BCUT2D eigenvalue weighted by molar-refractivity contribution is 5.74. The van der Waals surface area contributed by atoms with Crippen LogP contribution in [0.15, 0.2) is 29.8 Å². The number of hydrogen-bond acceptors (Lipinski definition) is 2. The maximum Gasteiger partial charge on any atom is 0.0661 e. The van der Waals surface area contributed by atoms with Crippen molar-refractivity contribution in [2.24, 2.45) is 4.99 Å². The molecule has 2 aliphatic rings. The fraction of sp³-hybridized carbons (Fsp3) is 0.400. The van der Waals surface area contributed by atoms with E-state index in [0.29, 0.717) is 5.92 Å². The zero-order chi connectivity index (χ0) is 11.8. The molecule has 0 radical (unpaired) electrons. The Morgan fingerprint density at radius 3 is 2.71 bits per heavy atom. The highest BCUT2D eigenvalue weighted by atomic mass is 14.9. The summed E-state index contributed by atoms with van der Waals surface area (Å²) in [6.07, 6.45) is 4.82. The smallest absolute Gasteiger partial charge is 0.0661 e. The summed E-state index contributed by atoms with van der Waals surface area (Å²) in [5.74, 6) is 1.42. The van der Waals surface area contributed by atoms with Crippen LogP contribution >= 0.6 is 0 Å². The lowest BCUT2D eigenvalue weighted by Gasteiger charge is -2.19. The SMILES string of the molecule is C=CC=Nc1cc2c(cc1C)C1CNCC2C1. The van der Waals surface area contributed by atoms with Crippen LogP contribution in [0.25, 0.3) is 0 Å². The first-order valence-electron chi connectivity index (χ1n) is 6.30. The third-order valence-corrected chi connectivity index (χ3v) is 3.95. The van der Waals surface area contributed by atoms with Crippen LogP contribution in [0.4, 0.5) is 5.69 Å². The Morgan fingerprint density at radius 1 is 1.29 bits per heavy atom. The molecule has 1 fully saturated rings. The van der Waals surface area contributed by atoms with Gasteiger partial charge in [-0.05, 0) is 47.9 Å². The molecule has 1 saturated heterocycles. The van der Waals surface area contributed by atoms with Gasteiger partial charge in [-0.1, -0.05) is 18.7 Å². The molecule has 0 aromatic heterocycles. The van der Waals surface area contributed by atoms with Crippen LogP contribution in [0.3, 0.4) is 0 Å². The van der Waals surface area contributed by atoms with Crippen molar-refractivity contribution in [3.63, 3.8) is 0 Å². The van der Waals surface area contributed by atoms with Gasteiger partial charge in [0.2, 0.25) is 0 Å². The number of benzene rings is 1. The largest absolute Gasteiger partial charge is 0.316 e. The molecule has 2 atom stereocenters. The van der Waals surface area contributed by atoms with E-state index >= 15 is 0 Å². The lowest BCUT2D eigenvalue weighted by molar-refractivity contribution is 0.454. The third kappa shape index (κ3) is 1.73. The second-order valence-electron chi connectivity index (χ2n) is 5.07. The van der Waals surface area contributed by atoms with E-state index in [1.807, 2.05) is 0 Å². The molecule has 1 N–H and O–H groups in total. The lowest BCUT2D eigenvalue weighted by Crippen LogP contribution is -2.28. The summed E-state index contributed by atoms with van der Waals surface area (Å²) in [5.41, 5.74) is 5.43. The van der Waals surface area contributed by atoms with Crippen molar-refractivity contribution in [2.75, 3.05) is 13.1 Å². The van der Waals surface area contributed by atoms with Crippen LogP contribution in [0.2, 0.25) is 0 Å². The van der Waals surface area contributed by atoms with Crippen molar-refractivity contribution in [3.8, 4) is 0 Å². The summed E-state index contributed by atoms with van der Waals surface area (Å²) >= 11 is 0. The van der Waals surface area contributed by atoms with E-state index in [9.17, 15) is 0 Å². The van der Waals surface area contributed by atoms with Crippen LogP contribution in [-0.4, -0.2) is 19.3 Å². The fourth-order valence-electron chi connectivity index (χ4n) is 3.13. The number of hydrogen-bond donors (Lipinski definition) is 1. The molecule has 2 unspecified atom stereocenters. The van der Waals surface area contributed by atoms with E-state index in [0.717, 1.165) is 24.7 Å². The molecule has 2 bridgehead atoms. The Bertz CT molecular complexity index is 488. The number of aryl methyl sites for hydroxylation is 1. The fourth-order valence-corrected chi connectivity index (χ4v) is 3.13. The van der Waals surface area contributed by atoms with Gasteiger partial charge in [0.05, 0.1) is 5.69 Å². The van der Waals surface area contributed by atoms with Gasteiger partial charge < -0.3 is 5.32 Å². The molecular formula is C15H18N2. The normalized spacial score (nSPS) is 26.2. The Balaban J connectivity index is 2.07. The van der Waals surface area contributed by atoms with Gasteiger partial charge in [0, 0.05) is 19.3 Å². The number of nitrogens with one attached hydrogen (secondary N) is 1. The molecule has 0 saturated carbocycles. The van der Waals surface area contributed by atoms with E-state index in [2.05, 4.69) is 35.9 Å². The summed E-state index contributed by atoms with van der Waals surface area (Å²) in [4.78, 5) is 4.45. The number of aliphatic imine (C=N–C) groups is 1. The minimum atomic E-state index is 0.696. The molecule has 17 heavy (non-hydrogen) atoms. The maximum absolute atomic E-state index is 4.45. The Hall–Kier alpha value is -1.41. The highest BCUT2D eigenvalue weighted by Gasteiger charge is 2.34. The van der Waals surface area contributed by atoms with E-state index in [-0.39, 0.29) is 0 Å². The van der Waals surface area contributed by atoms with Gasteiger partial charge in [0.15, 0.2) is 0 Å².